The summed E-state index contributed by atoms with van der Waals surface area (Å²) in [4.78, 5) is 21.6. The molecule has 2 aromatic carbocycles. The number of methoxy groups -OCH3 is 1. The monoisotopic (exact) mass is 475 g/mol. The highest BCUT2D eigenvalue weighted by Gasteiger charge is 2.23. The number of ether oxygens (including phenoxy) is 1. The largest absolute Gasteiger partial charge is 0.495 e. The van der Waals surface area contributed by atoms with Crippen LogP contribution in [0.15, 0.2) is 71.8 Å². The van der Waals surface area contributed by atoms with Gasteiger partial charge < -0.3 is 14.5 Å². The van der Waals surface area contributed by atoms with E-state index in [2.05, 4.69) is 21.7 Å². The quantitative estimate of drug-likeness (QED) is 0.540. The summed E-state index contributed by atoms with van der Waals surface area (Å²) in [6.45, 7) is 2.44. The van der Waals surface area contributed by atoms with Gasteiger partial charge >= 0.3 is 0 Å². The highest BCUT2D eigenvalue weighted by Crippen LogP contribution is 2.22. The molecule has 1 saturated heterocycles. The smallest absolute Gasteiger partial charge is 0.254 e. The highest BCUT2D eigenvalue weighted by atomic mass is 32.2. The Labute approximate surface area is 199 Å². The van der Waals surface area contributed by atoms with Crippen LogP contribution >= 0.6 is 0 Å². The minimum atomic E-state index is -3.22. The SMILES string of the molecule is COc1ccc(C(=O)N2CCN(c3ccc(S(C)(=O)=O)cc3)CC2)cc1C#Cc1ccccn1. The number of pyridine rings is 1. The zero-order valence-electron chi connectivity index (χ0n) is 19.1. The fourth-order valence-electron chi connectivity index (χ4n) is 3.76. The maximum Gasteiger partial charge on any atom is 0.254 e. The molecule has 0 N–H and O–H groups in total. The summed E-state index contributed by atoms with van der Waals surface area (Å²) in [5.74, 6) is 6.61. The molecule has 3 aromatic rings. The molecule has 1 fully saturated rings. The van der Waals surface area contributed by atoms with Gasteiger partial charge in [0.05, 0.1) is 17.6 Å². The average molecular weight is 476 g/mol. The van der Waals surface area contributed by atoms with Crippen molar-refractivity contribution in [3.63, 3.8) is 0 Å². The van der Waals surface area contributed by atoms with Crippen molar-refractivity contribution >= 4 is 21.4 Å². The Balaban J connectivity index is 1.45. The van der Waals surface area contributed by atoms with Crippen LogP contribution in [0.3, 0.4) is 0 Å². The van der Waals surface area contributed by atoms with Crippen LogP contribution in [0.4, 0.5) is 5.69 Å². The van der Waals surface area contributed by atoms with Gasteiger partial charge in [0, 0.05) is 49.9 Å². The van der Waals surface area contributed by atoms with E-state index in [4.69, 9.17) is 4.74 Å². The molecule has 4 rings (SSSR count). The summed E-state index contributed by atoms with van der Waals surface area (Å²) >= 11 is 0. The Hall–Kier alpha value is -3.83. The maximum absolute atomic E-state index is 13.2. The van der Waals surface area contributed by atoms with Crippen molar-refractivity contribution in [2.75, 3.05) is 44.4 Å². The molecule has 0 atom stereocenters. The van der Waals surface area contributed by atoms with Crippen molar-refractivity contribution < 1.29 is 17.9 Å². The predicted octanol–water partition coefficient (Wildman–Crippen LogP) is 2.86. The van der Waals surface area contributed by atoms with E-state index in [1.807, 2.05) is 35.2 Å². The number of hydrogen-bond donors (Lipinski definition) is 0. The van der Waals surface area contributed by atoms with Gasteiger partial charge in [-0.2, -0.15) is 0 Å². The lowest BCUT2D eigenvalue weighted by molar-refractivity contribution is 0.0746. The van der Waals surface area contributed by atoms with Crippen LogP contribution in [0.5, 0.6) is 5.75 Å². The van der Waals surface area contributed by atoms with Crippen molar-refractivity contribution in [3.8, 4) is 17.6 Å². The number of rotatable bonds is 4. The number of sulfone groups is 1. The Morgan fingerprint density at radius 1 is 0.971 bits per heavy atom. The Morgan fingerprint density at radius 3 is 2.32 bits per heavy atom. The van der Waals surface area contributed by atoms with Gasteiger partial charge in [-0.15, -0.1) is 0 Å². The van der Waals surface area contributed by atoms with Gasteiger partial charge in [-0.05, 0) is 60.5 Å². The summed E-state index contributed by atoms with van der Waals surface area (Å²) in [6, 6.07) is 17.6. The van der Waals surface area contributed by atoms with Gasteiger partial charge in [-0.3, -0.25) is 4.79 Å². The van der Waals surface area contributed by atoms with Gasteiger partial charge in [-0.1, -0.05) is 12.0 Å². The third-order valence-corrected chi connectivity index (χ3v) is 6.76. The fourth-order valence-corrected chi connectivity index (χ4v) is 4.39. The number of carbonyl (C=O) groups is 1. The summed E-state index contributed by atoms with van der Waals surface area (Å²) in [7, 11) is -1.65. The molecule has 1 aromatic heterocycles. The maximum atomic E-state index is 13.2. The minimum Gasteiger partial charge on any atom is -0.495 e. The predicted molar refractivity (Wildman–Crippen MR) is 131 cm³/mol. The van der Waals surface area contributed by atoms with E-state index in [1.54, 1.807) is 43.6 Å². The number of aromatic nitrogens is 1. The van der Waals surface area contributed by atoms with Crippen LogP contribution in [0, 0.1) is 11.8 Å². The van der Waals surface area contributed by atoms with E-state index in [0.29, 0.717) is 53.6 Å². The van der Waals surface area contributed by atoms with Crippen molar-refractivity contribution in [2.24, 2.45) is 0 Å². The van der Waals surface area contributed by atoms with Crippen molar-refractivity contribution in [1.82, 2.24) is 9.88 Å². The van der Waals surface area contributed by atoms with E-state index in [0.717, 1.165) is 5.69 Å². The number of hydrogen-bond acceptors (Lipinski definition) is 6. The third kappa shape index (κ3) is 5.38. The first-order valence-corrected chi connectivity index (χ1v) is 12.7. The number of carbonyl (C=O) groups excluding carboxylic acids is 1. The van der Waals surface area contributed by atoms with Gasteiger partial charge in [0.2, 0.25) is 0 Å². The Morgan fingerprint density at radius 2 is 1.71 bits per heavy atom. The molecule has 1 amide bonds. The molecule has 174 valence electrons. The Bertz CT molecular complexity index is 1340. The van der Waals surface area contributed by atoms with E-state index >= 15 is 0 Å². The van der Waals surface area contributed by atoms with E-state index in [9.17, 15) is 13.2 Å². The molecule has 0 aliphatic carbocycles. The van der Waals surface area contributed by atoms with Crippen LogP contribution < -0.4 is 9.64 Å². The van der Waals surface area contributed by atoms with Gasteiger partial charge in [0.25, 0.3) is 5.91 Å². The van der Waals surface area contributed by atoms with Gasteiger partial charge in [-0.25, -0.2) is 13.4 Å². The summed E-state index contributed by atoms with van der Waals surface area (Å²) in [6.07, 6.45) is 2.88. The van der Waals surface area contributed by atoms with Crippen LogP contribution in [0.25, 0.3) is 0 Å². The molecule has 7 nitrogen and oxygen atoms in total. The number of nitrogens with zero attached hydrogens (tertiary/aromatic N) is 3. The third-order valence-electron chi connectivity index (χ3n) is 5.63. The van der Waals surface area contributed by atoms with Crippen molar-refractivity contribution in [3.05, 3.63) is 83.7 Å². The first-order valence-electron chi connectivity index (χ1n) is 10.8. The van der Waals surface area contributed by atoms with Crippen LogP contribution in [-0.4, -0.2) is 63.8 Å². The zero-order chi connectivity index (χ0) is 24.1. The van der Waals surface area contributed by atoms with Gasteiger partial charge in [0.15, 0.2) is 9.84 Å². The highest BCUT2D eigenvalue weighted by molar-refractivity contribution is 7.90. The topological polar surface area (TPSA) is 79.8 Å². The van der Waals surface area contributed by atoms with Crippen LogP contribution in [0.1, 0.15) is 21.6 Å². The van der Waals surface area contributed by atoms with E-state index in [1.165, 1.54) is 6.26 Å². The number of benzene rings is 2. The zero-order valence-corrected chi connectivity index (χ0v) is 19.9. The molecule has 0 spiro atoms. The normalized spacial score (nSPS) is 13.7. The lowest BCUT2D eigenvalue weighted by Gasteiger charge is -2.36. The lowest BCUT2D eigenvalue weighted by atomic mass is 10.1. The van der Waals surface area contributed by atoms with Crippen molar-refractivity contribution in [1.29, 1.82) is 0 Å². The van der Waals surface area contributed by atoms with Crippen molar-refractivity contribution in [2.45, 2.75) is 4.90 Å². The second-order valence-electron chi connectivity index (χ2n) is 7.93. The first kappa shape index (κ1) is 23.3. The summed E-state index contributed by atoms with van der Waals surface area (Å²) in [5.41, 5.74) is 2.76. The molecular weight excluding hydrogens is 450 g/mol. The number of anilines is 1. The number of piperazine rings is 1. The second kappa shape index (κ2) is 9.98. The number of amides is 1. The molecule has 0 saturated carbocycles. The summed E-state index contributed by atoms with van der Waals surface area (Å²) in [5, 5.41) is 0. The molecule has 1 aliphatic heterocycles. The second-order valence-corrected chi connectivity index (χ2v) is 9.94. The van der Waals surface area contributed by atoms with E-state index in [-0.39, 0.29) is 5.91 Å². The molecule has 2 heterocycles. The Kier molecular flexibility index (Phi) is 6.85. The molecule has 8 heteroatoms. The fraction of sp³-hybridized carbons (Fsp3) is 0.231. The molecule has 0 bridgehead atoms. The summed E-state index contributed by atoms with van der Waals surface area (Å²) < 4.78 is 28.8. The molecule has 0 radical (unpaired) electrons. The minimum absolute atomic E-state index is 0.0596. The van der Waals surface area contributed by atoms with E-state index < -0.39 is 9.84 Å². The first-order chi connectivity index (χ1) is 16.3. The lowest BCUT2D eigenvalue weighted by Crippen LogP contribution is -2.48. The van der Waals surface area contributed by atoms with Crippen LogP contribution in [-0.2, 0) is 9.84 Å². The molecule has 0 unspecified atom stereocenters. The molecule has 1 aliphatic rings. The average Bonchev–Trinajstić information content (AvgIpc) is 2.87. The van der Waals surface area contributed by atoms with Gasteiger partial charge in [0.1, 0.15) is 11.4 Å². The molecular formula is C26H25N3O4S. The molecule has 34 heavy (non-hydrogen) atoms. The standard InChI is InChI=1S/C26H25N3O4S/c1-33-25-13-7-21(19-20(25)6-8-22-5-3-4-14-27-22)26(30)29-17-15-28(16-18-29)23-9-11-24(12-10-23)34(2,31)32/h3-5,7,9-14,19H,15-18H2,1-2H3. The van der Waals surface area contributed by atoms with Crippen LogP contribution in [0.2, 0.25) is 0 Å².